The third-order valence-electron chi connectivity index (χ3n) is 2.43. The molecule has 0 radical (unpaired) electrons. The van der Waals surface area contributed by atoms with Gasteiger partial charge >= 0.3 is 0 Å². The van der Waals surface area contributed by atoms with Gasteiger partial charge in [-0.25, -0.2) is 0 Å². The minimum atomic E-state index is -0.336. The van der Waals surface area contributed by atoms with Gasteiger partial charge in [0.25, 0.3) is 5.69 Å². The van der Waals surface area contributed by atoms with Gasteiger partial charge in [-0.05, 0) is 6.07 Å². The summed E-state index contributed by atoms with van der Waals surface area (Å²) in [5.41, 5.74) is 0.850. The van der Waals surface area contributed by atoms with E-state index in [0.29, 0.717) is 15.4 Å². The van der Waals surface area contributed by atoms with E-state index in [1.807, 2.05) is 35.7 Å². The van der Waals surface area contributed by atoms with E-state index >= 15 is 0 Å². The van der Waals surface area contributed by atoms with E-state index < -0.39 is 0 Å². The highest BCUT2D eigenvalue weighted by atomic mass is 32.2. The fraction of sp³-hybridized carbons (Fsp3) is 0.333. The monoisotopic (exact) mass is 267 g/mol. The van der Waals surface area contributed by atoms with E-state index in [1.165, 1.54) is 6.07 Å². The van der Waals surface area contributed by atoms with Crippen LogP contribution >= 0.6 is 23.5 Å². The molecule has 1 aromatic rings. The predicted molar refractivity (Wildman–Crippen MR) is 75.4 cm³/mol. The van der Waals surface area contributed by atoms with E-state index in [-0.39, 0.29) is 10.6 Å². The van der Waals surface area contributed by atoms with Crippen molar-refractivity contribution >= 4 is 35.3 Å². The summed E-state index contributed by atoms with van der Waals surface area (Å²) >= 11 is 3.80. The van der Waals surface area contributed by atoms with Crippen LogP contribution in [0.15, 0.2) is 30.3 Å². The Kier molecular flexibility index (Phi) is 4.12. The second-order valence-corrected chi connectivity index (χ2v) is 6.88. The molecule has 0 N–H and O–H groups in total. The van der Waals surface area contributed by atoms with Gasteiger partial charge < -0.3 is 0 Å². The van der Waals surface area contributed by atoms with Gasteiger partial charge in [0.2, 0.25) is 0 Å². The quantitative estimate of drug-likeness (QED) is 0.617. The van der Waals surface area contributed by atoms with Crippen LogP contribution < -0.4 is 0 Å². The Morgan fingerprint density at radius 3 is 2.88 bits per heavy atom. The average Bonchev–Trinajstić information content (AvgIpc) is 2.73. The first-order valence-corrected chi connectivity index (χ1v) is 7.34. The highest BCUT2D eigenvalue weighted by Crippen LogP contribution is 2.38. The Hall–Kier alpha value is -0.940. The minimum Gasteiger partial charge on any atom is -0.258 e. The Morgan fingerprint density at radius 2 is 2.24 bits per heavy atom. The lowest BCUT2D eigenvalue weighted by Gasteiger charge is -2.01. The van der Waals surface area contributed by atoms with Crippen molar-refractivity contribution in [2.75, 3.05) is 5.75 Å². The predicted octanol–water partition coefficient (Wildman–Crippen LogP) is 3.80. The fourth-order valence-electron chi connectivity index (χ4n) is 1.62. The summed E-state index contributed by atoms with van der Waals surface area (Å²) in [4.78, 5) is 10.5. The first-order valence-electron chi connectivity index (χ1n) is 5.35. The van der Waals surface area contributed by atoms with Gasteiger partial charge in [-0.15, -0.1) is 23.5 Å². The zero-order valence-electron chi connectivity index (χ0n) is 9.41. The van der Waals surface area contributed by atoms with Gasteiger partial charge in [0, 0.05) is 17.1 Å². The standard InChI is InChI=1S/C12H13NO2S2/c1-9-8-16-12(17-9)7-6-10-4-2-3-5-11(10)13(14)15/h2-7,9,12H,8H2,1H3/t9-,12+/m0/s1. The molecule has 2 rings (SSSR count). The van der Waals surface area contributed by atoms with E-state index in [0.717, 1.165) is 5.75 Å². The number of hydrogen-bond donors (Lipinski definition) is 0. The molecular formula is C12H13NO2S2. The molecule has 1 aliphatic heterocycles. The zero-order valence-corrected chi connectivity index (χ0v) is 11.0. The van der Waals surface area contributed by atoms with Crippen molar-refractivity contribution in [2.24, 2.45) is 0 Å². The second-order valence-electron chi connectivity index (χ2n) is 3.82. The number of thioether (sulfide) groups is 2. The fourth-order valence-corrected chi connectivity index (χ4v) is 4.56. The molecule has 5 heteroatoms. The number of para-hydroxylation sites is 1. The number of nitro benzene ring substituents is 1. The molecule has 1 heterocycles. The van der Waals surface area contributed by atoms with Gasteiger partial charge in [0.05, 0.1) is 15.1 Å². The summed E-state index contributed by atoms with van der Waals surface area (Å²) in [6, 6.07) is 6.83. The average molecular weight is 267 g/mol. The van der Waals surface area contributed by atoms with Crippen LogP contribution in [0.1, 0.15) is 12.5 Å². The van der Waals surface area contributed by atoms with E-state index in [2.05, 4.69) is 13.0 Å². The molecule has 0 bridgehead atoms. The Balaban J connectivity index is 2.13. The van der Waals surface area contributed by atoms with Gasteiger partial charge in [-0.3, -0.25) is 10.1 Å². The SMILES string of the molecule is C[C@H]1CS[C@@H](C=Cc2ccccc2[N+](=O)[O-])S1. The van der Waals surface area contributed by atoms with E-state index in [9.17, 15) is 10.1 Å². The second kappa shape index (κ2) is 5.60. The smallest absolute Gasteiger partial charge is 0.258 e. The lowest BCUT2D eigenvalue weighted by molar-refractivity contribution is -0.385. The molecule has 0 aromatic heterocycles. The third-order valence-corrected chi connectivity index (χ3v) is 5.62. The van der Waals surface area contributed by atoms with Crippen LogP contribution in [0.5, 0.6) is 0 Å². The molecule has 2 atom stereocenters. The summed E-state index contributed by atoms with van der Waals surface area (Å²) in [6.07, 6.45) is 3.92. The number of nitro groups is 1. The van der Waals surface area contributed by atoms with Crippen LogP contribution in [0.25, 0.3) is 6.08 Å². The Morgan fingerprint density at radius 1 is 1.47 bits per heavy atom. The van der Waals surface area contributed by atoms with Gasteiger partial charge in [-0.2, -0.15) is 0 Å². The van der Waals surface area contributed by atoms with E-state index in [1.54, 1.807) is 12.1 Å². The molecule has 0 unspecified atom stereocenters. The lowest BCUT2D eigenvalue weighted by atomic mass is 10.2. The molecule has 17 heavy (non-hydrogen) atoms. The van der Waals surface area contributed by atoms with Crippen molar-refractivity contribution < 1.29 is 4.92 Å². The minimum absolute atomic E-state index is 0.171. The van der Waals surface area contributed by atoms with Crippen molar-refractivity contribution in [3.8, 4) is 0 Å². The molecule has 1 fully saturated rings. The third kappa shape index (κ3) is 3.26. The molecule has 1 aliphatic rings. The first kappa shape index (κ1) is 12.5. The number of rotatable bonds is 3. The van der Waals surface area contributed by atoms with Gasteiger partial charge in [-0.1, -0.05) is 31.2 Å². The molecular weight excluding hydrogens is 254 g/mol. The highest BCUT2D eigenvalue weighted by Gasteiger charge is 2.20. The summed E-state index contributed by atoms with van der Waals surface area (Å²) in [5, 5.41) is 11.5. The summed E-state index contributed by atoms with van der Waals surface area (Å²) in [5.74, 6) is 1.15. The summed E-state index contributed by atoms with van der Waals surface area (Å²) in [7, 11) is 0. The maximum atomic E-state index is 10.8. The van der Waals surface area contributed by atoms with Crippen LogP contribution in [-0.2, 0) is 0 Å². The Labute approximate surface area is 109 Å². The summed E-state index contributed by atoms with van der Waals surface area (Å²) < 4.78 is 0.421. The van der Waals surface area contributed by atoms with Crippen molar-refractivity contribution in [1.29, 1.82) is 0 Å². The molecule has 3 nitrogen and oxygen atoms in total. The molecule has 1 saturated heterocycles. The number of benzene rings is 1. The summed E-state index contributed by atoms with van der Waals surface area (Å²) in [6.45, 7) is 2.20. The maximum Gasteiger partial charge on any atom is 0.276 e. The largest absolute Gasteiger partial charge is 0.276 e. The van der Waals surface area contributed by atoms with Crippen LogP contribution in [0, 0.1) is 10.1 Å². The van der Waals surface area contributed by atoms with Crippen molar-refractivity contribution in [3.05, 3.63) is 46.0 Å². The molecule has 0 spiro atoms. The molecule has 90 valence electrons. The first-order chi connectivity index (χ1) is 8.16. The van der Waals surface area contributed by atoms with Crippen molar-refractivity contribution in [1.82, 2.24) is 0 Å². The van der Waals surface area contributed by atoms with Crippen LogP contribution in [0.4, 0.5) is 5.69 Å². The molecule has 0 aliphatic carbocycles. The van der Waals surface area contributed by atoms with Crippen LogP contribution in [0.3, 0.4) is 0 Å². The van der Waals surface area contributed by atoms with Crippen molar-refractivity contribution in [2.45, 2.75) is 16.8 Å². The van der Waals surface area contributed by atoms with E-state index in [4.69, 9.17) is 0 Å². The van der Waals surface area contributed by atoms with Crippen molar-refractivity contribution in [3.63, 3.8) is 0 Å². The molecule has 0 saturated carbocycles. The normalized spacial score (nSPS) is 24.3. The van der Waals surface area contributed by atoms with Gasteiger partial charge in [0.1, 0.15) is 0 Å². The zero-order chi connectivity index (χ0) is 12.3. The molecule has 1 aromatic carbocycles. The maximum absolute atomic E-state index is 10.8. The Bertz CT molecular complexity index is 448. The van der Waals surface area contributed by atoms with Crippen LogP contribution in [-0.4, -0.2) is 20.5 Å². The molecule has 0 amide bonds. The number of hydrogen-bond acceptors (Lipinski definition) is 4. The van der Waals surface area contributed by atoms with Crippen LogP contribution in [0.2, 0.25) is 0 Å². The van der Waals surface area contributed by atoms with Gasteiger partial charge in [0.15, 0.2) is 0 Å². The topological polar surface area (TPSA) is 43.1 Å². The lowest BCUT2D eigenvalue weighted by Crippen LogP contribution is -1.92. The number of nitrogens with zero attached hydrogens (tertiary/aromatic N) is 1. The highest BCUT2D eigenvalue weighted by molar-refractivity contribution is 8.20.